The van der Waals surface area contributed by atoms with E-state index in [0.29, 0.717) is 11.6 Å². The Labute approximate surface area is 119 Å². The van der Waals surface area contributed by atoms with E-state index >= 15 is 0 Å². The van der Waals surface area contributed by atoms with E-state index in [1.165, 1.54) is 0 Å². The van der Waals surface area contributed by atoms with Crippen LogP contribution >= 0.6 is 24.0 Å². The van der Waals surface area contributed by atoms with Crippen molar-refractivity contribution in [3.05, 3.63) is 34.9 Å². The molecule has 18 heavy (non-hydrogen) atoms. The number of carbonyl (C=O) groups is 1. The van der Waals surface area contributed by atoms with Crippen molar-refractivity contribution in [2.24, 2.45) is 5.73 Å². The van der Waals surface area contributed by atoms with Crippen LogP contribution in [0, 0.1) is 0 Å². The Morgan fingerprint density at radius 2 is 2.11 bits per heavy atom. The van der Waals surface area contributed by atoms with Gasteiger partial charge < -0.3 is 11.1 Å². The fraction of sp³-hybridized carbons (Fsp3) is 0.462. The van der Waals surface area contributed by atoms with E-state index in [0.717, 1.165) is 12.0 Å². The maximum atomic E-state index is 11.8. The molecule has 2 unspecified atom stereocenters. The number of rotatable bonds is 5. The van der Waals surface area contributed by atoms with Crippen LogP contribution in [0.4, 0.5) is 0 Å². The third-order valence-corrected chi connectivity index (χ3v) is 2.88. The highest BCUT2D eigenvalue weighted by atomic mass is 35.5. The molecule has 0 bridgehead atoms. The van der Waals surface area contributed by atoms with Gasteiger partial charge in [-0.05, 0) is 38.0 Å². The number of carbonyl (C=O) groups excluding carboxylic acids is 1. The summed E-state index contributed by atoms with van der Waals surface area (Å²) in [5.41, 5.74) is 6.54. The topological polar surface area (TPSA) is 55.1 Å². The first-order chi connectivity index (χ1) is 8.00. The molecule has 0 aliphatic heterocycles. The molecular formula is C13H20Cl2N2O. The Morgan fingerprint density at radius 3 is 2.67 bits per heavy atom. The summed E-state index contributed by atoms with van der Waals surface area (Å²) in [6, 6.07) is 7.48. The summed E-state index contributed by atoms with van der Waals surface area (Å²) in [6.07, 6.45) is 0.786. The maximum absolute atomic E-state index is 11.8. The molecule has 5 heteroatoms. The van der Waals surface area contributed by atoms with Gasteiger partial charge in [0.1, 0.15) is 0 Å². The summed E-state index contributed by atoms with van der Waals surface area (Å²) in [5.74, 6) is -0.185. The van der Waals surface area contributed by atoms with Crippen LogP contribution in [0.5, 0.6) is 0 Å². The largest absolute Gasteiger partial charge is 0.356 e. The van der Waals surface area contributed by atoms with E-state index < -0.39 is 0 Å². The molecule has 3 N–H and O–H groups in total. The summed E-state index contributed by atoms with van der Waals surface area (Å²) < 4.78 is 0. The highest BCUT2D eigenvalue weighted by Crippen LogP contribution is 2.19. The lowest BCUT2D eigenvalue weighted by atomic mass is 10.0. The molecule has 0 radical (unpaired) electrons. The van der Waals surface area contributed by atoms with Crippen LogP contribution in [0.25, 0.3) is 0 Å². The predicted octanol–water partition coefficient (Wildman–Crippen LogP) is 2.72. The first-order valence-electron chi connectivity index (χ1n) is 5.79. The van der Waals surface area contributed by atoms with Crippen molar-refractivity contribution in [3.63, 3.8) is 0 Å². The molecule has 3 nitrogen and oxygen atoms in total. The van der Waals surface area contributed by atoms with Crippen molar-refractivity contribution < 1.29 is 4.79 Å². The van der Waals surface area contributed by atoms with E-state index in [9.17, 15) is 4.79 Å². The zero-order valence-electron chi connectivity index (χ0n) is 10.7. The van der Waals surface area contributed by atoms with Gasteiger partial charge >= 0.3 is 0 Å². The van der Waals surface area contributed by atoms with Crippen LogP contribution in [-0.2, 0) is 4.79 Å². The zero-order valence-corrected chi connectivity index (χ0v) is 12.2. The van der Waals surface area contributed by atoms with Crippen LogP contribution in [-0.4, -0.2) is 18.5 Å². The molecular weight excluding hydrogens is 271 g/mol. The first kappa shape index (κ1) is 17.2. The lowest BCUT2D eigenvalue weighted by molar-refractivity contribution is -0.122. The maximum Gasteiger partial charge on any atom is 0.227 e. The third kappa shape index (κ3) is 5.71. The lowest BCUT2D eigenvalue weighted by Crippen LogP contribution is -2.31. The number of halogens is 2. The summed E-state index contributed by atoms with van der Waals surface area (Å²) in [4.78, 5) is 11.8. The van der Waals surface area contributed by atoms with Gasteiger partial charge in [0.05, 0.1) is 5.92 Å². The van der Waals surface area contributed by atoms with Crippen molar-refractivity contribution >= 4 is 29.9 Å². The van der Waals surface area contributed by atoms with Crippen molar-refractivity contribution in [3.8, 4) is 0 Å². The first-order valence-corrected chi connectivity index (χ1v) is 6.17. The number of nitrogens with two attached hydrogens (primary N) is 1. The van der Waals surface area contributed by atoms with E-state index in [4.69, 9.17) is 17.3 Å². The molecule has 1 aromatic carbocycles. The standard InChI is InChI=1S/C13H19ClN2O.ClH/c1-9(15)6-7-16-13(17)10(2)11-4-3-5-12(14)8-11;/h3-5,8-10H,6-7,15H2,1-2H3,(H,16,17);1H. The SMILES string of the molecule is CC(N)CCNC(=O)C(C)c1cccc(Cl)c1.Cl. The summed E-state index contributed by atoms with van der Waals surface area (Å²) in [5, 5.41) is 3.52. The van der Waals surface area contributed by atoms with Gasteiger partial charge in [-0.1, -0.05) is 23.7 Å². The van der Waals surface area contributed by atoms with Crippen LogP contribution in [0.1, 0.15) is 31.7 Å². The van der Waals surface area contributed by atoms with Gasteiger partial charge in [-0.3, -0.25) is 4.79 Å². The Kier molecular flexibility index (Phi) is 8.00. The van der Waals surface area contributed by atoms with E-state index in [-0.39, 0.29) is 30.3 Å². The molecule has 0 aliphatic carbocycles. The van der Waals surface area contributed by atoms with Crippen LogP contribution < -0.4 is 11.1 Å². The quantitative estimate of drug-likeness (QED) is 0.876. The van der Waals surface area contributed by atoms with E-state index in [1.807, 2.05) is 32.0 Å². The average molecular weight is 291 g/mol. The van der Waals surface area contributed by atoms with Gasteiger partial charge in [0, 0.05) is 17.6 Å². The third-order valence-electron chi connectivity index (χ3n) is 2.64. The summed E-state index contributed by atoms with van der Waals surface area (Å²) in [7, 11) is 0. The highest BCUT2D eigenvalue weighted by Gasteiger charge is 2.14. The van der Waals surface area contributed by atoms with Gasteiger partial charge in [-0.25, -0.2) is 0 Å². The molecule has 1 aromatic rings. The average Bonchev–Trinajstić information content (AvgIpc) is 2.27. The molecule has 0 heterocycles. The number of hydrogen-bond acceptors (Lipinski definition) is 2. The van der Waals surface area contributed by atoms with E-state index in [2.05, 4.69) is 5.32 Å². The van der Waals surface area contributed by atoms with E-state index in [1.54, 1.807) is 6.07 Å². The Balaban J connectivity index is 0.00000289. The van der Waals surface area contributed by atoms with Gasteiger partial charge in [-0.2, -0.15) is 0 Å². The smallest absolute Gasteiger partial charge is 0.227 e. The van der Waals surface area contributed by atoms with Crippen LogP contribution in [0.2, 0.25) is 5.02 Å². The van der Waals surface area contributed by atoms with Crippen molar-refractivity contribution in [2.75, 3.05) is 6.54 Å². The number of nitrogens with one attached hydrogen (secondary N) is 1. The van der Waals surface area contributed by atoms with Crippen molar-refractivity contribution in [1.82, 2.24) is 5.32 Å². The van der Waals surface area contributed by atoms with Gasteiger partial charge in [0.15, 0.2) is 0 Å². The number of benzene rings is 1. The van der Waals surface area contributed by atoms with Gasteiger partial charge in [0.25, 0.3) is 0 Å². The second-order valence-electron chi connectivity index (χ2n) is 4.33. The molecule has 0 spiro atoms. The minimum Gasteiger partial charge on any atom is -0.356 e. The van der Waals surface area contributed by atoms with Gasteiger partial charge in [-0.15, -0.1) is 12.4 Å². The second kappa shape index (κ2) is 8.35. The molecule has 0 aromatic heterocycles. The van der Waals surface area contributed by atoms with Crippen molar-refractivity contribution in [1.29, 1.82) is 0 Å². The van der Waals surface area contributed by atoms with Crippen molar-refractivity contribution in [2.45, 2.75) is 32.2 Å². The fourth-order valence-corrected chi connectivity index (χ4v) is 1.70. The van der Waals surface area contributed by atoms with Crippen LogP contribution in [0.3, 0.4) is 0 Å². The molecule has 0 aliphatic rings. The normalized spacial score (nSPS) is 13.3. The summed E-state index contributed by atoms with van der Waals surface area (Å²) >= 11 is 5.89. The van der Waals surface area contributed by atoms with Gasteiger partial charge in [0.2, 0.25) is 5.91 Å². The van der Waals surface area contributed by atoms with Crippen LogP contribution in [0.15, 0.2) is 24.3 Å². The lowest BCUT2D eigenvalue weighted by Gasteiger charge is -2.13. The minimum absolute atomic E-state index is 0. The predicted molar refractivity (Wildman–Crippen MR) is 78.4 cm³/mol. The summed E-state index contributed by atoms with van der Waals surface area (Å²) in [6.45, 7) is 4.40. The molecule has 0 saturated heterocycles. The highest BCUT2D eigenvalue weighted by molar-refractivity contribution is 6.30. The minimum atomic E-state index is -0.193. The Hall–Kier alpha value is -0.770. The number of amides is 1. The Morgan fingerprint density at radius 1 is 1.44 bits per heavy atom. The molecule has 102 valence electrons. The monoisotopic (exact) mass is 290 g/mol. The molecule has 1 rings (SSSR count). The molecule has 0 saturated carbocycles. The molecule has 0 fully saturated rings. The fourth-order valence-electron chi connectivity index (χ4n) is 1.50. The second-order valence-corrected chi connectivity index (χ2v) is 4.77. The Bertz CT molecular complexity index is 383. The number of hydrogen-bond donors (Lipinski definition) is 2. The molecule has 1 amide bonds. The molecule has 2 atom stereocenters. The zero-order chi connectivity index (χ0) is 12.8.